The summed E-state index contributed by atoms with van der Waals surface area (Å²) in [5.74, 6) is 0. The van der Waals surface area contributed by atoms with Gasteiger partial charge in [-0.1, -0.05) is 41.1 Å². The largest absolute Gasteiger partial charge is 0.315 e. The van der Waals surface area contributed by atoms with Crippen molar-refractivity contribution in [3.8, 4) is 0 Å². The van der Waals surface area contributed by atoms with Crippen LogP contribution in [0.5, 0.6) is 0 Å². The zero-order chi connectivity index (χ0) is 14.3. The molecule has 0 bridgehead atoms. The van der Waals surface area contributed by atoms with Crippen molar-refractivity contribution in [2.75, 3.05) is 13.1 Å². The molecule has 0 fully saturated rings. The first-order valence-corrected chi connectivity index (χ1v) is 8.74. The maximum atomic E-state index is 12.0. The van der Waals surface area contributed by atoms with Gasteiger partial charge in [0, 0.05) is 17.6 Å². The molecule has 0 heterocycles. The van der Waals surface area contributed by atoms with Crippen LogP contribution in [0.15, 0.2) is 28.7 Å². The van der Waals surface area contributed by atoms with Crippen LogP contribution in [0.25, 0.3) is 0 Å². The summed E-state index contributed by atoms with van der Waals surface area (Å²) in [6.07, 6.45) is 0.997. The fraction of sp³-hybridized carbons (Fsp3) is 0.538. The van der Waals surface area contributed by atoms with E-state index in [4.69, 9.17) is 0 Å². The quantitative estimate of drug-likeness (QED) is 0.708. The van der Waals surface area contributed by atoms with E-state index < -0.39 is 15.3 Å². The van der Waals surface area contributed by atoms with Crippen molar-refractivity contribution in [2.24, 2.45) is 0 Å². The maximum Gasteiger partial charge on any atom is 0.215 e. The number of halogens is 1. The van der Waals surface area contributed by atoms with E-state index in [-0.39, 0.29) is 0 Å². The Morgan fingerprint density at radius 2 is 2.00 bits per heavy atom. The number of benzene rings is 1. The molecule has 0 aliphatic heterocycles. The lowest BCUT2D eigenvalue weighted by Crippen LogP contribution is -2.38. The molecule has 0 saturated carbocycles. The van der Waals surface area contributed by atoms with Gasteiger partial charge in [-0.3, -0.25) is 0 Å². The molecule has 108 valence electrons. The van der Waals surface area contributed by atoms with E-state index in [1.165, 1.54) is 0 Å². The number of hydrogen-bond donors (Lipinski definition) is 2. The molecule has 0 spiro atoms. The topological polar surface area (TPSA) is 58.2 Å². The summed E-state index contributed by atoms with van der Waals surface area (Å²) >= 11 is 3.41. The second kappa shape index (κ2) is 7.99. The molecular formula is C13H21BrN2O2S. The van der Waals surface area contributed by atoms with Gasteiger partial charge >= 0.3 is 0 Å². The lowest BCUT2D eigenvalue weighted by Gasteiger charge is -2.15. The van der Waals surface area contributed by atoms with Gasteiger partial charge in [0.1, 0.15) is 0 Å². The lowest BCUT2D eigenvalue weighted by atomic mass is 10.2. The van der Waals surface area contributed by atoms with Crippen LogP contribution in [0.1, 0.15) is 25.8 Å². The Morgan fingerprint density at radius 1 is 1.32 bits per heavy atom. The Morgan fingerprint density at radius 3 is 2.63 bits per heavy atom. The maximum absolute atomic E-state index is 12.0. The normalized spacial score (nSPS) is 13.4. The summed E-state index contributed by atoms with van der Waals surface area (Å²) in [5.41, 5.74) is 0.930. The Kier molecular flexibility index (Phi) is 6.99. The minimum atomic E-state index is -3.29. The molecular weight excluding hydrogens is 328 g/mol. The summed E-state index contributed by atoms with van der Waals surface area (Å²) in [4.78, 5) is 0. The smallest absolute Gasteiger partial charge is 0.215 e. The Bertz CT molecular complexity index is 491. The summed E-state index contributed by atoms with van der Waals surface area (Å²) in [6, 6.07) is 7.59. The minimum absolute atomic E-state index is 0.307. The van der Waals surface area contributed by atoms with Gasteiger partial charge in [0.2, 0.25) is 10.0 Å². The van der Waals surface area contributed by atoms with Gasteiger partial charge in [0.15, 0.2) is 0 Å². The van der Waals surface area contributed by atoms with Crippen molar-refractivity contribution in [2.45, 2.75) is 32.1 Å². The summed E-state index contributed by atoms with van der Waals surface area (Å²) in [7, 11) is -3.29. The van der Waals surface area contributed by atoms with Gasteiger partial charge in [-0.15, -0.1) is 0 Å². The van der Waals surface area contributed by atoms with Crippen molar-refractivity contribution in [3.63, 3.8) is 0 Å². The Labute approximate surface area is 124 Å². The fourth-order valence-electron chi connectivity index (χ4n) is 1.55. The third-order valence-electron chi connectivity index (χ3n) is 2.81. The first kappa shape index (κ1) is 16.6. The first-order valence-electron chi connectivity index (χ1n) is 6.40. The van der Waals surface area contributed by atoms with E-state index in [1.54, 1.807) is 6.92 Å². The highest BCUT2D eigenvalue weighted by Gasteiger charge is 2.19. The van der Waals surface area contributed by atoms with Crippen LogP contribution in [-0.4, -0.2) is 26.8 Å². The fourth-order valence-corrected chi connectivity index (χ4v) is 2.96. The van der Waals surface area contributed by atoms with Crippen LogP contribution in [-0.2, 0) is 16.6 Å². The number of rotatable bonds is 8. The average molecular weight is 349 g/mol. The van der Waals surface area contributed by atoms with Gasteiger partial charge in [-0.25, -0.2) is 13.1 Å². The second-order valence-corrected chi connectivity index (χ2v) is 7.51. The van der Waals surface area contributed by atoms with Crippen LogP contribution in [0.2, 0.25) is 0 Å². The molecule has 1 rings (SSSR count). The van der Waals surface area contributed by atoms with Crippen LogP contribution in [0, 0.1) is 0 Å². The average Bonchev–Trinajstić information content (AvgIpc) is 2.38. The molecule has 6 heteroatoms. The molecule has 1 aromatic carbocycles. The molecule has 1 unspecified atom stereocenters. The molecule has 0 radical (unpaired) electrons. The number of nitrogens with one attached hydrogen (secondary N) is 2. The molecule has 0 aromatic heterocycles. The third kappa shape index (κ3) is 5.60. The summed E-state index contributed by atoms with van der Waals surface area (Å²) in [6.45, 7) is 5.38. The van der Waals surface area contributed by atoms with E-state index in [9.17, 15) is 8.42 Å². The van der Waals surface area contributed by atoms with E-state index in [0.29, 0.717) is 13.1 Å². The highest BCUT2D eigenvalue weighted by molar-refractivity contribution is 9.10. The molecule has 0 aliphatic rings. The monoisotopic (exact) mass is 348 g/mol. The van der Waals surface area contributed by atoms with E-state index in [1.807, 2.05) is 24.3 Å². The summed E-state index contributed by atoms with van der Waals surface area (Å²) < 4.78 is 27.6. The Balaban J connectivity index is 2.53. The van der Waals surface area contributed by atoms with Crippen molar-refractivity contribution < 1.29 is 8.42 Å². The molecule has 1 atom stereocenters. The first-order chi connectivity index (χ1) is 8.97. The molecule has 1 aromatic rings. The highest BCUT2D eigenvalue weighted by atomic mass is 79.9. The molecule has 19 heavy (non-hydrogen) atoms. The van der Waals surface area contributed by atoms with Crippen LogP contribution < -0.4 is 10.0 Å². The van der Waals surface area contributed by atoms with Crippen LogP contribution in [0.4, 0.5) is 0 Å². The number of hydrogen-bond acceptors (Lipinski definition) is 3. The lowest BCUT2D eigenvalue weighted by molar-refractivity contribution is 0.556. The number of sulfonamides is 1. The van der Waals surface area contributed by atoms with Crippen molar-refractivity contribution in [3.05, 3.63) is 34.3 Å². The van der Waals surface area contributed by atoms with E-state index >= 15 is 0 Å². The van der Waals surface area contributed by atoms with Gasteiger partial charge in [0.25, 0.3) is 0 Å². The van der Waals surface area contributed by atoms with Crippen molar-refractivity contribution >= 4 is 26.0 Å². The third-order valence-corrected chi connectivity index (χ3v) is 5.36. The molecule has 2 N–H and O–H groups in total. The van der Waals surface area contributed by atoms with Gasteiger partial charge in [-0.05, 0) is 31.5 Å². The highest BCUT2D eigenvalue weighted by Crippen LogP contribution is 2.15. The zero-order valence-corrected chi connectivity index (χ0v) is 13.7. The molecule has 4 nitrogen and oxygen atoms in total. The van der Waals surface area contributed by atoms with Crippen molar-refractivity contribution in [1.29, 1.82) is 0 Å². The molecule has 0 saturated heterocycles. The zero-order valence-electron chi connectivity index (χ0n) is 11.3. The van der Waals surface area contributed by atoms with Gasteiger partial charge in [0.05, 0.1) is 5.25 Å². The predicted octanol–water partition coefficient (Wildman–Crippen LogP) is 2.26. The molecule has 0 aliphatic carbocycles. The molecule has 0 amide bonds. The minimum Gasteiger partial charge on any atom is -0.315 e. The summed E-state index contributed by atoms with van der Waals surface area (Å²) in [5, 5.41) is 2.68. The van der Waals surface area contributed by atoms with E-state index in [2.05, 4.69) is 32.9 Å². The standard InChI is InChI=1S/C13H21BrN2O2S/c1-3-8-15-9-11(2)19(17,18)16-10-12-6-4-5-7-13(12)14/h4-7,11,15-16H,3,8-10H2,1-2H3. The van der Waals surface area contributed by atoms with Gasteiger partial charge in [-0.2, -0.15) is 0 Å². The van der Waals surface area contributed by atoms with Crippen LogP contribution in [0.3, 0.4) is 0 Å². The second-order valence-electron chi connectivity index (χ2n) is 4.47. The van der Waals surface area contributed by atoms with Crippen LogP contribution >= 0.6 is 15.9 Å². The van der Waals surface area contributed by atoms with E-state index in [0.717, 1.165) is 23.0 Å². The van der Waals surface area contributed by atoms with Crippen molar-refractivity contribution in [1.82, 2.24) is 10.0 Å². The Hall–Kier alpha value is -0.430. The SMILES string of the molecule is CCCNCC(C)S(=O)(=O)NCc1ccccc1Br. The predicted molar refractivity (Wildman–Crippen MR) is 82.5 cm³/mol. The van der Waals surface area contributed by atoms with Gasteiger partial charge < -0.3 is 5.32 Å².